The zero-order valence-corrected chi connectivity index (χ0v) is 18.2. The molecule has 1 N–H and O–H groups in total. The van der Waals surface area contributed by atoms with Crippen LogP contribution in [0.5, 0.6) is 5.75 Å². The lowest BCUT2D eigenvalue weighted by atomic mass is 10.1. The minimum absolute atomic E-state index is 0.0793. The fourth-order valence-corrected chi connectivity index (χ4v) is 4.30. The standard InChI is InChI=1S/C23H26N2O4S/c1-4-24(5-2)17-8-10-18(11-9-17)25-22(27)20(21(23(25)28)30-15-14-26)16-6-12-19(29-3)13-7-16/h6-13,26H,4-5,14-15H2,1-3H3. The van der Waals surface area contributed by atoms with Crippen molar-refractivity contribution in [1.82, 2.24) is 0 Å². The van der Waals surface area contributed by atoms with Crippen molar-refractivity contribution in [3.05, 3.63) is 59.0 Å². The van der Waals surface area contributed by atoms with Crippen molar-refractivity contribution >= 4 is 40.5 Å². The Bertz CT molecular complexity index is 935. The van der Waals surface area contributed by atoms with Crippen molar-refractivity contribution in [3.63, 3.8) is 0 Å². The van der Waals surface area contributed by atoms with E-state index in [0.29, 0.717) is 33.2 Å². The Morgan fingerprint density at radius 2 is 1.60 bits per heavy atom. The first-order chi connectivity index (χ1) is 14.5. The number of aliphatic hydroxyl groups excluding tert-OH is 1. The molecule has 0 saturated carbocycles. The number of nitrogens with zero attached hydrogens (tertiary/aromatic N) is 2. The van der Waals surface area contributed by atoms with Crippen LogP contribution in [0.4, 0.5) is 11.4 Å². The van der Waals surface area contributed by atoms with E-state index in [1.807, 2.05) is 12.1 Å². The molecular weight excluding hydrogens is 400 g/mol. The Kier molecular flexibility index (Phi) is 7.18. The second-order valence-corrected chi connectivity index (χ2v) is 7.74. The van der Waals surface area contributed by atoms with Crippen LogP contribution in [0, 0.1) is 0 Å². The van der Waals surface area contributed by atoms with Crippen molar-refractivity contribution in [2.45, 2.75) is 13.8 Å². The van der Waals surface area contributed by atoms with Gasteiger partial charge in [-0.05, 0) is 55.8 Å². The number of thioether (sulfide) groups is 1. The van der Waals surface area contributed by atoms with Crippen LogP contribution in [0.3, 0.4) is 0 Å². The summed E-state index contributed by atoms with van der Waals surface area (Å²) in [6, 6.07) is 14.5. The smallest absolute Gasteiger partial charge is 0.272 e. The minimum atomic E-state index is -0.361. The van der Waals surface area contributed by atoms with E-state index in [0.717, 1.165) is 18.8 Å². The van der Waals surface area contributed by atoms with Gasteiger partial charge in [0.2, 0.25) is 0 Å². The van der Waals surface area contributed by atoms with Gasteiger partial charge >= 0.3 is 0 Å². The summed E-state index contributed by atoms with van der Waals surface area (Å²) in [6.07, 6.45) is 0. The van der Waals surface area contributed by atoms with Crippen LogP contribution in [0.15, 0.2) is 53.4 Å². The van der Waals surface area contributed by atoms with Crippen molar-refractivity contribution in [2.75, 3.05) is 42.4 Å². The Balaban J connectivity index is 1.97. The first-order valence-electron chi connectivity index (χ1n) is 9.91. The van der Waals surface area contributed by atoms with Crippen LogP contribution >= 0.6 is 11.8 Å². The molecule has 2 aromatic rings. The van der Waals surface area contributed by atoms with E-state index in [4.69, 9.17) is 4.74 Å². The number of ether oxygens (including phenoxy) is 1. The summed E-state index contributed by atoms with van der Waals surface area (Å²) in [6.45, 7) is 5.84. The summed E-state index contributed by atoms with van der Waals surface area (Å²) < 4.78 is 5.19. The molecule has 0 atom stereocenters. The number of hydrogen-bond acceptors (Lipinski definition) is 6. The first-order valence-corrected chi connectivity index (χ1v) is 10.9. The van der Waals surface area contributed by atoms with E-state index in [1.54, 1.807) is 43.5 Å². The molecular formula is C23H26N2O4S. The number of hydrogen-bond donors (Lipinski definition) is 1. The van der Waals surface area contributed by atoms with Gasteiger partial charge in [0.15, 0.2) is 0 Å². The van der Waals surface area contributed by atoms with Gasteiger partial charge < -0.3 is 14.7 Å². The average Bonchev–Trinajstić information content (AvgIpc) is 3.03. The molecule has 2 aromatic carbocycles. The van der Waals surface area contributed by atoms with Crippen LogP contribution in [0.2, 0.25) is 0 Å². The number of methoxy groups -OCH3 is 1. The Morgan fingerprint density at radius 1 is 0.967 bits per heavy atom. The van der Waals surface area contributed by atoms with E-state index >= 15 is 0 Å². The predicted molar refractivity (Wildman–Crippen MR) is 122 cm³/mol. The summed E-state index contributed by atoms with van der Waals surface area (Å²) >= 11 is 1.20. The zero-order chi connectivity index (χ0) is 21.7. The number of carbonyl (C=O) groups excluding carboxylic acids is 2. The van der Waals surface area contributed by atoms with Crippen LogP contribution < -0.4 is 14.5 Å². The molecule has 1 aliphatic heterocycles. The largest absolute Gasteiger partial charge is 0.497 e. The maximum atomic E-state index is 13.3. The SMILES string of the molecule is CCN(CC)c1ccc(N2C(=O)C(SCCO)=C(c3ccc(OC)cc3)C2=O)cc1. The topological polar surface area (TPSA) is 70.1 Å². The molecule has 30 heavy (non-hydrogen) atoms. The summed E-state index contributed by atoms with van der Waals surface area (Å²) in [7, 11) is 1.57. The first kappa shape index (κ1) is 21.9. The van der Waals surface area contributed by atoms with Gasteiger partial charge in [-0.2, -0.15) is 0 Å². The van der Waals surface area contributed by atoms with Crippen LogP contribution in [0.1, 0.15) is 19.4 Å². The number of aliphatic hydroxyl groups is 1. The Labute approximate surface area is 181 Å². The van der Waals surface area contributed by atoms with Gasteiger partial charge in [0.05, 0.1) is 29.9 Å². The van der Waals surface area contributed by atoms with Gasteiger partial charge in [0.1, 0.15) is 5.75 Å². The maximum absolute atomic E-state index is 13.3. The summed E-state index contributed by atoms with van der Waals surface area (Å²) in [4.78, 5) is 30.2. The molecule has 1 heterocycles. The van der Waals surface area contributed by atoms with Crippen molar-refractivity contribution in [3.8, 4) is 5.75 Å². The molecule has 0 bridgehead atoms. The number of benzene rings is 2. The molecule has 0 radical (unpaired) electrons. The highest BCUT2D eigenvalue weighted by molar-refractivity contribution is 8.04. The van der Waals surface area contributed by atoms with Crippen molar-refractivity contribution in [2.24, 2.45) is 0 Å². The van der Waals surface area contributed by atoms with Gasteiger partial charge in [-0.15, -0.1) is 11.8 Å². The van der Waals surface area contributed by atoms with Gasteiger partial charge in [0, 0.05) is 24.5 Å². The maximum Gasteiger partial charge on any atom is 0.272 e. The Morgan fingerprint density at radius 3 is 2.13 bits per heavy atom. The quantitative estimate of drug-likeness (QED) is 0.619. The van der Waals surface area contributed by atoms with E-state index in [-0.39, 0.29) is 18.4 Å². The molecule has 0 fully saturated rings. The minimum Gasteiger partial charge on any atom is -0.497 e. The molecule has 7 heteroatoms. The van der Waals surface area contributed by atoms with Crippen molar-refractivity contribution in [1.29, 1.82) is 0 Å². The second-order valence-electron chi connectivity index (χ2n) is 6.64. The van der Waals surface area contributed by atoms with Crippen LogP contribution in [0.25, 0.3) is 5.57 Å². The normalized spacial score (nSPS) is 13.9. The second kappa shape index (κ2) is 9.82. The molecule has 1 aliphatic rings. The van der Waals surface area contributed by atoms with E-state index in [2.05, 4.69) is 18.7 Å². The zero-order valence-electron chi connectivity index (χ0n) is 17.4. The van der Waals surface area contributed by atoms with E-state index in [9.17, 15) is 14.7 Å². The third-order valence-corrected chi connectivity index (χ3v) is 6.05. The molecule has 6 nitrogen and oxygen atoms in total. The Hall–Kier alpha value is -2.77. The molecule has 0 saturated heterocycles. The summed E-state index contributed by atoms with van der Waals surface area (Å²) in [5.74, 6) is 0.286. The molecule has 3 rings (SSSR count). The molecule has 2 amide bonds. The fourth-order valence-electron chi connectivity index (χ4n) is 3.44. The van der Waals surface area contributed by atoms with Gasteiger partial charge in [0.25, 0.3) is 11.8 Å². The highest BCUT2D eigenvalue weighted by Crippen LogP contribution is 2.39. The molecule has 0 aromatic heterocycles. The van der Waals surface area contributed by atoms with E-state index in [1.165, 1.54) is 16.7 Å². The average molecular weight is 427 g/mol. The van der Waals surface area contributed by atoms with Crippen LogP contribution in [-0.2, 0) is 9.59 Å². The monoisotopic (exact) mass is 426 g/mol. The molecule has 0 aliphatic carbocycles. The van der Waals surface area contributed by atoms with Gasteiger partial charge in [-0.1, -0.05) is 12.1 Å². The molecule has 158 valence electrons. The molecule has 0 spiro atoms. The van der Waals surface area contributed by atoms with Crippen LogP contribution in [-0.4, -0.2) is 49.5 Å². The lowest BCUT2D eigenvalue weighted by molar-refractivity contribution is -0.119. The number of anilines is 2. The number of rotatable bonds is 9. The molecule has 0 unspecified atom stereocenters. The third-order valence-electron chi connectivity index (χ3n) is 4.99. The number of carbonyl (C=O) groups is 2. The predicted octanol–water partition coefficient (Wildman–Crippen LogP) is 3.55. The third kappa shape index (κ3) is 4.22. The highest BCUT2D eigenvalue weighted by Gasteiger charge is 2.40. The van der Waals surface area contributed by atoms with E-state index < -0.39 is 0 Å². The summed E-state index contributed by atoms with van der Waals surface area (Å²) in [5, 5.41) is 9.24. The van der Waals surface area contributed by atoms with Gasteiger partial charge in [-0.3, -0.25) is 9.59 Å². The van der Waals surface area contributed by atoms with Crippen molar-refractivity contribution < 1.29 is 19.4 Å². The number of imide groups is 1. The lowest BCUT2D eigenvalue weighted by Gasteiger charge is -2.22. The summed E-state index contributed by atoms with van der Waals surface area (Å²) in [5.41, 5.74) is 2.58. The lowest BCUT2D eigenvalue weighted by Crippen LogP contribution is -2.31. The highest BCUT2D eigenvalue weighted by atomic mass is 32.2. The van der Waals surface area contributed by atoms with Gasteiger partial charge in [-0.25, -0.2) is 4.90 Å². The fraction of sp³-hybridized carbons (Fsp3) is 0.304. The number of amides is 2.